The highest BCUT2D eigenvalue weighted by Crippen LogP contribution is 2.16. The summed E-state index contributed by atoms with van der Waals surface area (Å²) >= 11 is 5.72. The van der Waals surface area contributed by atoms with Crippen LogP contribution in [0.25, 0.3) is 6.08 Å². The molecule has 1 heterocycles. The van der Waals surface area contributed by atoms with Crippen molar-refractivity contribution in [1.29, 1.82) is 0 Å². The molecule has 0 aromatic carbocycles. The number of hydrogen-bond donors (Lipinski definition) is 1. The summed E-state index contributed by atoms with van der Waals surface area (Å²) in [6, 6.07) is 3.38. The highest BCUT2D eigenvalue weighted by Gasteiger charge is 1.98. The van der Waals surface area contributed by atoms with Gasteiger partial charge in [0.15, 0.2) is 5.15 Å². The van der Waals surface area contributed by atoms with Gasteiger partial charge in [-0.1, -0.05) is 17.7 Å². The Bertz CT molecular complexity index is 391. The second-order valence-electron chi connectivity index (χ2n) is 2.80. The summed E-state index contributed by atoms with van der Waals surface area (Å²) in [5.74, 6) is -0.298. The van der Waals surface area contributed by atoms with Crippen LogP contribution in [0.1, 0.15) is 12.1 Å². The zero-order valence-corrected chi connectivity index (χ0v) is 8.99. The lowest BCUT2D eigenvalue weighted by molar-refractivity contribution is -0.139. The number of halogens is 1. The lowest BCUT2D eigenvalue weighted by Crippen LogP contribution is -1.96. The molecule has 0 amide bonds. The molecule has 0 fully saturated rings. The van der Waals surface area contributed by atoms with Gasteiger partial charge in [-0.15, -0.1) is 0 Å². The highest BCUT2D eigenvalue weighted by atomic mass is 35.5. The standard InChI is InChI=1S/C10H11ClN2O2/c1-15-9(14)4-2-3-7-5-6-8(12)10(11)13-7/h2-3,5-6H,4,12H2,1H3. The molecule has 0 unspecified atom stereocenters. The Morgan fingerprint density at radius 3 is 3.00 bits per heavy atom. The van der Waals surface area contributed by atoms with E-state index < -0.39 is 0 Å². The molecule has 1 aromatic rings. The maximum absolute atomic E-state index is 10.8. The van der Waals surface area contributed by atoms with Crippen molar-refractivity contribution in [3.63, 3.8) is 0 Å². The van der Waals surface area contributed by atoms with Gasteiger partial charge in [-0.25, -0.2) is 4.98 Å². The zero-order chi connectivity index (χ0) is 11.3. The molecule has 1 aromatic heterocycles. The molecule has 5 heteroatoms. The number of rotatable bonds is 3. The van der Waals surface area contributed by atoms with Crippen molar-refractivity contribution >= 4 is 29.3 Å². The first kappa shape index (κ1) is 11.5. The molecule has 4 nitrogen and oxygen atoms in total. The lowest BCUT2D eigenvalue weighted by atomic mass is 10.3. The van der Waals surface area contributed by atoms with Gasteiger partial charge in [0.25, 0.3) is 0 Å². The third kappa shape index (κ3) is 3.59. The lowest BCUT2D eigenvalue weighted by Gasteiger charge is -1.97. The summed E-state index contributed by atoms with van der Waals surface area (Å²) in [5, 5.41) is 0.259. The number of nitrogen functional groups attached to an aromatic ring is 1. The average Bonchev–Trinajstić information content (AvgIpc) is 2.23. The summed E-state index contributed by atoms with van der Waals surface area (Å²) in [6.07, 6.45) is 3.54. The molecule has 0 atom stereocenters. The third-order valence-electron chi connectivity index (χ3n) is 1.70. The number of nitrogens with two attached hydrogens (primary N) is 1. The van der Waals surface area contributed by atoms with Gasteiger partial charge in [0.2, 0.25) is 0 Å². The van der Waals surface area contributed by atoms with Crippen molar-refractivity contribution in [3.8, 4) is 0 Å². The van der Waals surface area contributed by atoms with E-state index in [2.05, 4.69) is 9.72 Å². The number of aromatic nitrogens is 1. The normalized spacial score (nSPS) is 10.5. The van der Waals surface area contributed by atoms with Gasteiger partial charge in [0.05, 0.1) is 24.9 Å². The monoisotopic (exact) mass is 226 g/mol. The zero-order valence-electron chi connectivity index (χ0n) is 8.24. The minimum atomic E-state index is -0.298. The fraction of sp³-hybridized carbons (Fsp3) is 0.200. The van der Waals surface area contributed by atoms with E-state index in [0.717, 1.165) is 0 Å². The Morgan fingerprint density at radius 1 is 1.67 bits per heavy atom. The van der Waals surface area contributed by atoms with Crippen LogP contribution in [0.15, 0.2) is 18.2 Å². The smallest absolute Gasteiger partial charge is 0.309 e. The Hall–Kier alpha value is -1.55. The summed E-state index contributed by atoms with van der Waals surface area (Å²) in [4.78, 5) is 14.8. The van der Waals surface area contributed by atoms with Crippen LogP contribution in [0.3, 0.4) is 0 Å². The van der Waals surface area contributed by atoms with E-state index in [0.29, 0.717) is 11.4 Å². The molecule has 0 aliphatic rings. The molecule has 0 bridgehead atoms. The molecule has 0 aliphatic heterocycles. The van der Waals surface area contributed by atoms with Crippen molar-refractivity contribution in [2.45, 2.75) is 6.42 Å². The van der Waals surface area contributed by atoms with E-state index in [9.17, 15) is 4.79 Å². The van der Waals surface area contributed by atoms with E-state index in [-0.39, 0.29) is 17.5 Å². The fourth-order valence-corrected chi connectivity index (χ4v) is 1.07. The largest absolute Gasteiger partial charge is 0.469 e. The number of carbonyl (C=O) groups excluding carboxylic acids is 1. The Labute approximate surface area is 92.7 Å². The molecule has 0 saturated carbocycles. The number of nitrogens with zero attached hydrogens (tertiary/aromatic N) is 1. The van der Waals surface area contributed by atoms with Crippen LogP contribution in [0.5, 0.6) is 0 Å². The average molecular weight is 227 g/mol. The predicted molar refractivity (Wildman–Crippen MR) is 59.3 cm³/mol. The first-order chi connectivity index (χ1) is 7.13. The fourth-order valence-electron chi connectivity index (χ4n) is 0.911. The topological polar surface area (TPSA) is 65.2 Å². The molecule has 0 radical (unpaired) electrons. The summed E-state index contributed by atoms with van der Waals surface area (Å²) in [7, 11) is 1.34. The van der Waals surface area contributed by atoms with Crippen LogP contribution in [0, 0.1) is 0 Å². The molecule has 2 N–H and O–H groups in total. The first-order valence-electron chi connectivity index (χ1n) is 4.29. The maximum Gasteiger partial charge on any atom is 0.309 e. The molecule has 0 spiro atoms. The van der Waals surface area contributed by atoms with E-state index in [4.69, 9.17) is 17.3 Å². The number of anilines is 1. The van der Waals surface area contributed by atoms with Crippen LogP contribution in [-0.2, 0) is 9.53 Å². The molecule has 0 saturated heterocycles. The second kappa shape index (κ2) is 5.36. The van der Waals surface area contributed by atoms with E-state index >= 15 is 0 Å². The van der Waals surface area contributed by atoms with Crippen molar-refractivity contribution in [2.75, 3.05) is 12.8 Å². The number of esters is 1. The van der Waals surface area contributed by atoms with Gasteiger partial charge in [0, 0.05) is 0 Å². The number of methoxy groups -OCH3 is 1. The van der Waals surface area contributed by atoms with Crippen LogP contribution in [0.4, 0.5) is 5.69 Å². The summed E-state index contributed by atoms with van der Waals surface area (Å²) in [6.45, 7) is 0. The summed E-state index contributed by atoms with van der Waals surface area (Å²) in [5.41, 5.74) is 6.58. The second-order valence-corrected chi connectivity index (χ2v) is 3.16. The van der Waals surface area contributed by atoms with Gasteiger partial charge < -0.3 is 10.5 Å². The van der Waals surface area contributed by atoms with Crippen LogP contribution in [-0.4, -0.2) is 18.1 Å². The van der Waals surface area contributed by atoms with Gasteiger partial charge >= 0.3 is 5.97 Å². The number of hydrogen-bond acceptors (Lipinski definition) is 4. The van der Waals surface area contributed by atoms with Crippen molar-refractivity contribution in [1.82, 2.24) is 4.98 Å². The van der Waals surface area contributed by atoms with Gasteiger partial charge in [0.1, 0.15) is 0 Å². The Kier molecular flexibility index (Phi) is 4.12. The number of pyridine rings is 1. The minimum absolute atomic E-state index is 0.209. The van der Waals surface area contributed by atoms with Crippen LogP contribution >= 0.6 is 11.6 Å². The van der Waals surface area contributed by atoms with Crippen molar-refractivity contribution in [2.24, 2.45) is 0 Å². The van der Waals surface area contributed by atoms with Crippen LogP contribution in [0.2, 0.25) is 5.15 Å². The van der Waals surface area contributed by atoms with Gasteiger partial charge in [-0.3, -0.25) is 4.79 Å². The number of carbonyl (C=O) groups is 1. The molecule has 1 rings (SSSR count). The Morgan fingerprint density at radius 2 is 2.40 bits per heavy atom. The quantitative estimate of drug-likeness (QED) is 0.632. The molecule has 0 aliphatic carbocycles. The molecule has 80 valence electrons. The van der Waals surface area contributed by atoms with E-state index in [1.165, 1.54) is 7.11 Å². The first-order valence-corrected chi connectivity index (χ1v) is 4.66. The van der Waals surface area contributed by atoms with Gasteiger partial charge in [-0.2, -0.15) is 0 Å². The van der Waals surface area contributed by atoms with Crippen molar-refractivity contribution in [3.05, 3.63) is 29.1 Å². The van der Waals surface area contributed by atoms with Crippen LogP contribution < -0.4 is 5.73 Å². The van der Waals surface area contributed by atoms with E-state index in [1.54, 1.807) is 24.3 Å². The minimum Gasteiger partial charge on any atom is -0.469 e. The van der Waals surface area contributed by atoms with E-state index in [1.807, 2.05) is 0 Å². The molecular weight excluding hydrogens is 216 g/mol. The van der Waals surface area contributed by atoms with Gasteiger partial charge in [-0.05, 0) is 18.2 Å². The third-order valence-corrected chi connectivity index (χ3v) is 2.00. The number of ether oxygens (including phenoxy) is 1. The van der Waals surface area contributed by atoms with Crippen molar-refractivity contribution < 1.29 is 9.53 Å². The molecule has 15 heavy (non-hydrogen) atoms. The maximum atomic E-state index is 10.8. The Balaban J connectivity index is 2.65. The highest BCUT2D eigenvalue weighted by molar-refractivity contribution is 6.31. The molecular formula is C10H11ClN2O2. The predicted octanol–water partition coefficient (Wildman–Crippen LogP) is 1.89. The summed E-state index contributed by atoms with van der Waals surface area (Å²) < 4.78 is 4.47. The SMILES string of the molecule is COC(=O)CC=Cc1ccc(N)c(Cl)n1.